The molecule has 0 bridgehead atoms. The van der Waals surface area contributed by atoms with E-state index in [1.165, 1.54) is 6.07 Å². The van der Waals surface area contributed by atoms with Crippen molar-refractivity contribution in [3.8, 4) is 0 Å². The number of benzene rings is 1. The van der Waals surface area contributed by atoms with Crippen molar-refractivity contribution >= 4 is 11.6 Å². The quantitative estimate of drug-likeness (QED) is 0.921. The summed E-state index contributed by atoms with van der Waals surface area (Å²) in [6.45, 7) is 5.67. The van der Waals surface area contributed by atoms with E-state index in [9.17, 15) is 4.39 Å². The Kier molecular flexibility index (Phi) is 5.16. The molecule has 1 saturated heterocycles. The van der Waals surface area contributed by atoms with E-state index in [1.807, 2.05) is 0 Å². The lowest BCUT2D eigenvalue weighted by Gasteiger charge is -2.35. The second-order valence-electron chi connectivity index (χ2n) is 4.92. The van der Waals surface area contributed by atoms with Gasteiger partial charge in [0, 0.05) is 19.1 Å². The van der Waals surface area contributed by atoms with Gasteiger partial charge in [0.1, 0.15) is 5.82 Å². The van der Waals surface area contributed by atoms with Crippen LogP contribution in [-0.4, -0.2) is 43.3 Å². The lowest BCUT2D eigenvalue weighted by molar-refractivity contribution is -0.0385. The van der Waals surface area contributed by atoms with Crippen LogP contribution in [0.4, 0.5) is 4.39 Å². The third-order valence-corrected chi connectivity index (χ3v) is 3.85. The van der Waals surface area contributed by atoms with Crippen molar-refractivity contribution in [3.63, 3.8) is 0 Å². The Morgan fingerprint density at radius 3 is 3.05 bits per heavy atom. The summed E-state index contributed by atoms with van der Waals surface area (Å²) in [7, 11) is 0. The van der Waals surface area contributed by atoms with Gasteiger partial charge in [-0.05, 0) is 30.7 Å². The third-order valence-electron chi connectivity index (χ3n) is 3.56. The number of hydrogen-bond donors (Lipinski definition) is 1. The van der Waals surface area contributed by atoms with Crippen molar-refractivity contribution in [2.24, 2.45) is 5.73 Å². The monoisotopic (exact) mass is 286 g/mol. The maximum atomic E-state index is 13.1. The fourth-order valence-electron chi connectivity index (χ4n) is 2.35. The molecule has 2 rings (SSSR count). The van der Waals surface area contributed by atoms with E-state index in [-0.39, 0.29) is 17.2 Å². The highest BCUT2D eigenvalue weighted by atomic mass is 35.5. The first-order valence-electron chi connectivity index (χ1n) is 6.63. The van der Waals surface area contributed by atoms with Gasteiger partial charge in [0.15, 0.2) is 0 Å². The Hall–Kier alpha value is -0.680. The highest BCUT2D eigenvalue weighted by molar-refractivity contribution is 6.30. The summed E-state index contributed by atoms with van der Waals surface area (Å²) < 4.78 is 18.8. The molecule has 1 aromatic carbocycles. The van der Waals surface area contributed by atoms with Crippen LogP contribution in [0, 0.1) is 5.82 Å². The van der Waals surface area contributed by atoms with Crippen molar-refractivity contribution in [1.82, 2.24) is 4.90 Å². The number of nitrogens with two attached hydrogens (primary N) is 1. The fourth-order valence-corrected chi connectivity index (χ4v) is 2.55. The van der Waals surface area contributed by atoms with Crippen molar-refractivity contribution in [2.45, 2.75) is 25.5 Å². The van der Waals surface area contributed by atoms with Gasteiger partial charge < -0.3 is 10.5 Å². The van der Waals surface area contributed by atoms with E-state index < -0.39 is 5.82 Å². The predicted octanol–water partition coefficient (Wildman–Crippen LogP) is 2.07. The Morgan fingerprint density at radius 2 is 2.37 bits per heavy atom. The van der Waals surface area contributed by atoms with E-state index in [2.05, 4.69) is 11.8 Å². The molecule has 0 radical (unpaired) electrons. The lowest BCUT2D eigenvalue weighted by atomic mass is 10.0. The van der Waals surface area contributed by atoms with E-state index >= 15 is 0 Å². The average molecular weight is 287 g/mol. The number of nitrogens with zero attached hydrogens (tertiary/aromatic N) is 1. The zero-order chi connectivity index (χ0) is 13.8. The summed E-state index contributed by atoms with van der Waals surface area (Å²) in [6, 6.07) is 4.64. The van der Waals surface area contributed by atoms with Gasteiger partial charge in [-0.25, -0.2) is 4.39 Å². The van der Waals surface area contributed by atoms with Crippen LogP contribution in [0.3, 0.4) is 0 Å². The standard InChI is InChI=1S/C14H20ClFN2O/c1-2-18-5-6-19-14(9-18)13(17)8-10-3-4-12(16)11(15)7-10/h3-4,7,13-14H,2,5-6,8-9,17H2,1H3. The van der Waals surface area contributed by atoms with Gasteiger partial charge in [-0.2, -0.15) is 0 Å². The minimum Gasteiger partial charge on any atom is -0.374 e. The molecule has 3 nitrogen and oxygen atoms in total. The summed E-state index contributed by atoms with van der Waals surface area (Å²) in [6.07, 6.45) is 0.667. The first kappa shape index (κ1) is 14.7. The molecular weight excluding hydrogens is 267 g/mol. The second-order valence-corrected chi connectivity index (χ2v) is 5.33. The van der Waals surface area contributed by atoms with Gasteiger partial charge in [0.25, 0.3) is 0 Å². The van der Waals surface area contributed by atoms with E-state index in [1.54, 1.807) is 12.1 Å². The van der Waals surface area contributed by atoms with Crippen molar-refractivity contribution < 1.29 is 9.13 Å². The molecular formula is C14H20ClFN2O. The van der Waals surface area contributed by atoms with Crippen LogP contribution >= 0.6 is 11.6 Å². The summed E-state index contributed by atoms with van der Waals surface area (Å²) in [4.78, 5) is 2.33. The molecule has 1 aromatic rings. The SMILES string of the molecule is CCN1CCOC(C(N)Cc2ccc(F)c(Cl)c2)C1. The topological polar surface area (TPSA) is 38.5 Å². The largest absolute Gasteiger partial charge is 0.374 e. The van der Waals surface area contributed by atoms with Gasteiger partial charge >= 0.3 is 0 Å². The van der Waals surface area contributed by atoms with Crippen LogP contribution in [0.5, 0.6) is 0 Å². The first-order valence-corrected chi connectivity index (χ1v) is 7.01. The molecule has 1 aliphatic rings. The van der Waals surface area contributed by atoms with Crippen LogP contribution < -0.4 is 5.73 Å². The van der Waals surface area contributed by atoms with Crippen LogP contribution in [-0.2, 0) is 11.2 Å². The molecule has 2 unspecified atom stereocenters. The van der Waals surface area contributed by atoms with Gasteiger partial charge in [-0.1, -0.05) is 24.6 Å². The lowest BCUT2D eigenvalue weighted by Crippen LogP contribution is -2.51. The van der Waals surface area contributed by atoms with Gasteiger partial charge in [-0.15, -0.1) is 0 Å². The molecule has 0 aromatic heterocycles. The zero-order valence-electron chi connectivity index (χ0n) is 11.1. The van der Waals surface area contributed by atoms with Gasteiger partial charge in [0.2, 0.25) is 0 Å². The summed E-state index contributed by atoms with van der Waals surface area (Å²) in [5, 5.41) is 0.143. The zero-order valence-corrected chi connectivity index (χ0v) is 11.9. The van der Waals surface area contributed by atoms with Gasteiger partial charge in [-0.3, -0.25) is 4.90 Å². The number of halogens is 2. The Morgan fingerprint density at radius 1 is 1.58 bits per heavy atom. The van der Waals surface area contributed by atoms with E-state index in [0.717, 1.165) is 31.8 Å². The minimum atomic E-state index is -0.398. The number of ether oxygens (including phenoxy) is 1. The highest BCUT2D eigenvalue weighted by Gasteiger charge is 2.25. The van der Waals surface area contributed by atoms with Crippen molar-refractivity contribution in [3.05, 3.63) is 34.6 Å². The molecule has 1 fully saturated rings. The van der Waals surface area contributed by atoms with Crippen LogP contribution in [0.25, 0.3) is 0 Å². The molecule has 1 aliphatic heterocycles. The fraction of sp³-hybridized carbons (Fsp3) is 0.571. The molecule has 2 atom stereocenters. The third kappa shape index (κ3) is 3.89. The first-order chi connectivity index (χ1) is 9.10. The van der Waals surface area contributed by atoms with Crippen LogP contribution in [0.2, 0.25) is 5.02 Å². The maximum absolute atomic E-state index is 13.1. The molecule has 5 heteroatoms. The second kappa shape index (κ2) is 6.66. The van der Waals surface area contributed by atoms with E-state index in [0.29, 0.717) is 6.42 Å². The Bertz CT molecular complexity index is 430. The minimum absolute atomic E-state index is 0.0255. The van der Waals surface area contributed by atoms with Crippen LogP contribution in [0.1, 0.15) is 12.5 Å². The molecule has 19 heavy (non-hydrogen) atoms. The number of rotatable bonds is 4. The predicted molar refractivity (Wildman–Crippen MR) is 74.9 cm³/mol. The number of morpholine rings is 1. The van der Waals surface area contributed by atoms with Crippen LogP contribution in [0.15, 0.2) is 18.2 Å². The molecule has 106 valence electrons. The molecule has 0 spiro atoms. The van der Waals surface area contributed by atoms with Crippen molar-refractivity contribution in [2.75, 3.05) is 26.2 Å². The molecule has 0 saturated carbocycles. The molecule has 1 heterocycles. The van der Waals surface area contributed by atoms with Gasteiger partial charge in [0.05, 0.1) is 17.7 Å². The summed E-state index contributed by atoms with van der Waals surface area (Å²) in [5.41, 5.74) is 7.14. The molecule has 0 aliphatic carbocycles. The van der Waals surface area contributed by atoms with Crippen molar-refractivity contribution in [1.29, 1.82) is 0 Å². The average Bonchev–Trinajstić information content (AvgIpc) is 2.43. The molecule has 2 N–H and O–H groups in total. The molecule has 0 amide bonds. The number of likely N-dealkylation sites (N-methyl/N-ethyl adjacent to an activating group) is 1. The van der Waals surface area contributed by atoms with E-state index in [4.69, 9.17) is 22.1 Å². The smallest absolute Gasteiger partial charge is 0.141 e. The summed E-state index contributed by atoms with van der Waals surface area (Å²) >= 11 is 5.77. The Balaban J connectivity index is 1.96. The highest BCUT2D eigenvalue weighted by Crippen LogP contribution is 2.18. The normalized spacial score (nSPS) is 22.4. The maximum Gasteiger partial charge on any atom is 0.141 e. The summed E-state index contributed by atoms with van der Waals surface area (Å²) in [5.74, 6) is -0.398. The number of hydrogen-bond acceptors (Lipinski definition) is 3. The Labute approximate surface area is 118 Å².